The lowest BCUT2D eigenvalue weighted by atomic mass is 9.95. The van der Waals surface area contributed by atoms with Crippen molar-refractivity contribution in [3.8, 4) is 0 Å². The first-order chi connectivity index (χ1) is 8.42. The molecule has 1 saturated heterocycles. The molecule has 0 aliphatic carbocycles. The lowest BCUT2D eigenvalue weighted by molar-refractivity contribution is 0.150. The van der Waals surface area contributed by atoms with Crippen LogP contribution >= 0.6 is 0 Å². The van der Waals surface area contributed by atoms with Crippen molar-refractivity contribution in [1.29, 1.82) is 0 Å². The average molecular weight is 228 g/mol. The lowest BCUT2D eigenvalue weighted by Crippen LogP contribution is -2.49. The van der Waals surface area contributed by atoms with E-state index in [1.165, 1.54) is 11.3 Å². The largest absolute Gasteiger partial charge is 0.360 e. The molecule has 0 amide bonds. The smallest absolute Gasteiger partial charge is 0.0882 e. The second-order valence-electron chi connectivity index (χ2n) is 4.94. The van der Waals surface area contributed by atoms with E-state index in [-0.39, 0.29) is 0 Å². The van der Waals surface area contributed by atoms with Crippen LogP contribution in [0, 0.1) is 0 Å². The topological polar surface area (TPSA) is 44.0 Å². The number of hydrogen-bond donors (Lipinski definition) is 2. The number of rotatable bonds is 0. The summed E-state index contributed by atoms with van der Waals surface area (Å²) >= 11 is 0. The summed E-state index contributed by atoms with van der Waals surface area (Å²) in [6.07, 6.45) is 3.06. The first-order valence-electron chi connectivity index (χ1n) is 6.33. The van der Waals surface area contributed by atoms with Crippen LogP contribution in [-0.2, 0) is 6.42 Å². The molecule has 88 valence electrons. The van der Waals surface area contributed by atoms with E-state index in [9.17, 15) is 0 Å². The summed E-state index contributed by atoms with van der Waals surface area (Å²) < 4.78 is 0. The maximum absolute atomic E-state index is 4.78. The highest BCUT2D eigenvalue weighted by Crippen LogP contribution is 2.31. The molecule has 2 aliphatic rings. The van der Waals surface area contributed by atoms with E-state index in [1.54, 1.807) is 0 Å². The third-order valence-corrected chi connectivity index (χ3v) is 3.99. The predicted octanol–water partition coefficient (Wildman–Crippen LogP) is 1.07. The van der Waals surface area contributed by atoms with E-state index in [0.717, 1.165) is 43.6 Å². The Kier molecular flexibility index (Phi) is 2.01. The molecule has 2 N–H and O–H groups in total. The Labute approximate surface area is 100 Å². The van der Waals surface area contributed by atoms with Gasteiger partial charge in [0.1, 0.15) is 0 Å². The van der Waals surface area contributed by atoms with Crippen molar-refractivity contribution in [2.45, 2.75) is 12.5 Å². The monoisotopic (exact) mass is 228 g/mol. The quantitative estimate of drug-likeness (QED) is 0.709. The number of piperazine rings is 1. The van der Waals surface area contributed by atoms with E-state index in [2.05, 4.69) is 27.3 Å². The van der Waals surface area contributed by atoms with Crippen molar-refractivity contribution < 1.29 is 0 Å². The summed E-state index contributed by atoms with van der Waals surface area (Å²) in [5, 5.41) is 3.49. The van der Waals surface area contributed by atoms with Gasteiger partial charge in [0.15, 0.2) is 0 Å². The van der Waals surface area contributed by atoms with Crippen LogP contribution in [0.1, 0.15) is 17.3 Å². The molecule has 0 spiro atoms. The summed E-state index contributed by atoms with van der Waals surface area (Å²) in [4.78, 5) is 10.6. The fourth-order valence-electron chi connectivity index (χ4n) is 3.09. The number of pyridine rings is 1. The Morgan fingerprint density at radius 3 is 3.35 bits per heavy atom. The molecule has 4 heteroatoms. The SMILES string of the molecule is c1cc2nc3c(cc2[nH]1)C1CNCCN1CC3. The summed E-state index contributed by atoms with van der Waals surface area (Å²) in [5.41, 5.74) is 4.97. The van der Waals surface area contributed by atoms with Gasteiger partial charge in [0.05, 0.1) is 11.0 Å². The van der Waals surface area contributed by atoms with Crippen molar-refractivity contribution in [2.24, 2.45) is 0 Å². The van der Waals surface area contributed by atoms with Crippen molar-refractivity contribution in [3.63, 3.8) is 0 Å². The van der Waals surface area contributed by atoms with E-state index in [4.69, 9.17) is 4.98 Å². The summed E-state index contributed by atoms with van der Waals surface area (Å²) in [5.74, 6) is 0. The van der Waals surface area contributed by atoms with Crippen LogP contribution < -0.4 is 5.32 Å². The van der Waals surface area contributed by atoms with Crippen LogP contribution in [0.5, 0.6) is 0 Å². The fourth-order valence-corrected chi connectivity index (χ4v) is 3.09. The Morgan fingerprint density at radius 1 is 1.35 bits per heavy atom. The first-order valence-corrected chi connectivity index (χ1v) is 6.33. The third kappa shape index (κ3) is 1.41. The molecule has 4 heterocycles. The number of H-pyrrole nitrogens is 1. The molecule has 2 aromatic heterocycles. The van der Waals surface area contributed by atoms with Gasteiger partial charge in [-0.2, -0.15) is 0 Å². The van der Waals surface area contributed by atoms with Crippen molar-refractivity contribution in [1.82, 2.24) is 20.2 Å². The van der Waals surface area contributed by atoms with E-state index in [0.29, 0.717) is 6.04 Å². The Morgan fingerprint density at radius 2 is 2.35 bits per heavy atom. The van der Waals surface area contributed by atoms with Gasteiger partial charge in [0.25, 0.3) is 0 Å². The minimum atomic E-state index is 0.521. The van der Waals surface area contributed by atoms with Gasteiger partial charge in [-0.1, -0.05) is 0 Å². The second-order valence-corrected chi connectivity index (χ2v) is 4.94. The molecular formula is C13H16N4. The van der Waals surface area contributed by atoms with Crippen molar-refractivity contribution in [3.05, 3.63) is 29.6 Å². The van der Waals surface area contributed by atoms with Crippen LogP contribution in [0.2, 0.25) is 0 Å². The Bertz CT molecular complexity index is 560. The third-order valence-electron chi connectivity index (χ3n) is 3.99. The highest BCUT2D eigenvalue weighted by Gasteiger charge is 2.30. The van der Waals surface area contributed by atoms with Crippen LogP contribution in [-0.4, -0.2) is 41.0 Å². The summed E-state index contributed by atoms with van der Waals surface area (Å²) in [6.45, 7) is 4.49. The maximum Gasteiger partial charge on any atom is 0.0882 e. The highest BCUT2D eigenvalue weighted by molar-refractivity contribution is 5.76. The minimum absolute atomic E-state index is 0.521. The maximum atomic E-state index is 4.78. The molecule has 17 heavy (non-hydrogen) atoms. The second kappa shape index (κ2) is 3.55. The molecule has 1 unspecified atom stereocenters. The number of nitrogens with zero attached hydrogens (tertiary/aromatic N) is 2. The van der Waals surface area contributed by atoms with Gasteiger partial charge in [0.2, 0.25) is 0 Å². The van der Waals surface area contributed by atoms with Crippen LogP contribution in [0.3, 0.4) is 0 Å². The van der Waals surface area contributed by atoms with Gasteiger partial charge in [-0.3, -0.25) is 9.88 Å². The molecule has 0 aromatic carbocycles. The molecule has 0 bridgehead atoms. The Hall–Kier alpha value is -1.39. The first kappa shape index (κ1) is 9.62. The lowest BCUT2D eigenvalue weighted by Gasteiger charge is -2.40. The summed E-state index contributed by atoms with van der Waals surface area (Å²) in [6, 6.07) is 4.87. The zero-order chi connectivity index (χ0) is 11.2. The average Bonchev–Trinajstić information content (AvgIpc) is 2.83. The standard InChI is InChI=1S/C13H16N4/c1-3-15-12-7-9-10(16-11(1)12)2-5-17-6-4-14-8-13(9)17/h1,3,7,13-15H,2,4-6,8H2. The number of aromatic amines is 1. The van der Waals surface area contributed by atoms with E-state index < -0.39 is 0 Å². The zero-order valence-corrected chi connectivity index (χ0v) is 9.74. The number of nitrogens with one attached hydrogen (secondary N) is 2. The predicted molar refractivity (Wildman–Crippen MR) is 67.0 cm³/mol. The van der Waals surface area contributed by atoms with E-state index in [1.807, 2.05) is 6.20 Å². The molecule has 0 radical (unpaired) electrons. The van der Waals surface area contributed by atoms with Crippen LogP contribution in [0.4, 0.5) is 0 Å². The minimum Gasteiger partial charge on any atom is -0.360 e. The van der Waals surface area contributed by atoms with Gasteiger partial charge in [-0.05, 0) is 17.7 Å². The van der Waals surface area contributed by atoms with Crippen molar-refractivity contribution >= 4 is 11.0 Å². The molecule has 2 aliphatic heterocycles. The molecule has 1 atom stereocenters. The molecule has 0 saturated carbocycles. The van der Waals surface area contributed by atoms with Gasteiger partial charge in [-0.25, -0.2) is 0 Å². The summed E-state index contributed by atoms with van der Waals surface area (Å²) in [7, 11) is 0. The molecule has 2 aromatic rings. The van der Waals surface area contributed by atoms with Crippen LogP contribution in [0.15, 0.2) is 18.3 Å². The van der Waals surface area contributed by atoms with Gasteiger partial charge < -0.3 is 10.3 Å². The van der Waals surface area contributed by atoms with Gasteiger partial charge in [0, 0.05) is 50.5 Å². The van der Waals surface area contributed by atoms with Gasteiger partial charge >= 0.3 is 0 Å². The molecule has 4 rings (SSSR count). The normalized spacial score (nSPS) is 24.6. The number of fused-ring (bicyclic) bond motifs is 4. The van der Waals surface area contributed by atoms with Crippen molar-refractivity contribution in [2.75, 3.05) is 26.2 Å². The highest BCUT2D eigenvalue weighted by atomic mass is 15.2. The molecule has 4 nitrogen and oxygen atoms in total. The van der Waals surface area contributed by atoms with Crippen LogP contribution in [0.25, 0.3) is 11.0 Å². The molecule has 1 fully saturated rings. The zero-order valence-electron chi connectivity index (χ0n) is 9.74. The fraction of sp³-hybridized carbons (Fsp3) is 0.462. The Balaban J connectivity index is 1.87. The number of hydrogen-bond acceptors (Lipinski definition) is 3. The van der Waals surface area contributed by atoms with E-state index >= 15 is 0 Å². The van der Waals surface area contributed by atoms with Gasteiger partial charge in [-0.15, -0.1) is 0 Å². The molecular weight excluding hydrogens is 212 g/mol. The number of aromatic nitrogens is 2.